The number of carbonyl (C=O) groups excluding carboxylic acids is 2. The van der Waals surface area contributed by atoms with Crippen LogP contribution in [0.3, 0.4) is 0 Å². The van der Waals surface area contributed by atoms with Gasteiger partial charge in [-0.15, -0.1) is 0 Å². The number of benzene rings is 3. The molecule has 1 fully saturated rings. The van der Waals surface area contributed by atoms with Gasteiger partial charge in [0.05, 0.1) is 6.04 Å². The van der Waals surface area contributed by atoms with Gasteiger partial charge in [0, 0.05) is 24.2 Å². The van der Waals surface area contributed by atoms with Crippen LogP contribution in [-0.4, -0.2) is 24.4 Å². The molecule has 0 spiro atoms. The molecule has 3 aromatic carbocycles. The zero-order valence-electron chi connectivity index (χ0n) is 14.6. The first-order valence-electron chi connectivity index (χ1n) is 8.77. The van der Waals surface area contributed by atoms with Crippen molar-refractivity contribution in [3.05, 3.63) is 77.9 Å². The van der Waals surface area contributed by atoms with Crippen LogP contribution in [0.15, 0.2) is 66.7 Å². The number of amides is 2. The molecule has 1 heterocycles. The molecule has 0 bridgehead atoms. The molecule has 3 aromatic rings. The quantitative estimate of drug-likeness (QED) is 0.788. The lowest BCUT2D eigenvalue weighted by atomic mass is 10.1. The first-order chi connectivity index (χ1) is 12.6. The summed E-state index contributed by atoms with van der Waals surface area (Å²) in [6.45, 7) is 2.52. The van der Waals surface area contributed by atoms with E-state index in [9.17, 15) is 9.59 Å². The number of fused-ring (bicyclic) bond motifs is 1. The summed E-state index contributed by atoms with van der Waals surface area (Å²) in [5, 5.41) is 5.13. The average molecular weight is 344 g/mol. The van der Waals surface area contributed by atoms with Crippen LogP contribution in [0.1, 0.15) is 22.3 Å². The van der Waals surface area contributed by atoms with Crippen LogP contribution >= 0.6 is 0 Å². The molecular formula is C22H20N2O2. The molecule has 0 saturated carbocycles. The SMILES string of the molecule is Cc1ccc(N2C[C@@H](NC(=O)c3ccc4ccccc4c3)CC2=O)cc1. The third-order valence-electron chi connectivity index (χ3n) is 4.82. The zero-order chi connectivity index (χ0) is 18.1. The second-order valence-electron chi connectivity index (χ2n) is 6.78. The fraction of sp³-hybridized carbons (Fsp3) is 0.182. The number of hydrogen-bond acceptors (Lipinski definition) is 2. The number of carbonyl (C=O) groups is 2. The largest absolute Gasteiger partial charge is 0.347 e. The number of nitrogens with zero attached hydrogens (tertiary/aromatic N) is 1. The Balaban J connectivity index is 1.47. The van der Waals surface area contributed by atoms with E-state index in [1.807, 2.05) is 73.7 Å². The summed E-state index contributed by atoms with van der Waals surface area (Å²) in [7, 11) is 0. The Morgan fingerprint density at radius 3 is 2.50 bits per heavy atom. The van der Waals surface area contributed by atoms with Gasteiger partial charge in [-0.05, 0) is 42.0 Å². The highest BCUT2D eigenvalue weighted by Crippen LogP contribution is 2.22. The van der Waals surface area contributed by atoms with Gasteiger partial charge in [0.1, 0.15) is 0 Å². The molecule has 0 aromatic heterocycles. The summed E-state index contributed by atoms with van der Waals surface area (Å²) in [6, 6.07) is 21.3. The van der Waals surface area contributed by atoms with Crippen LogP contribution in [0.2, 0.25) is 0 Å². The fourth-order valence-corrected chi connectivity index (χ4v) is 3.38. The van der Waals surface area contributed by atoms with Crippen molar-refractivity contribution in [1.29, 1.82) is 0 Å². The fourth-order valence-electron chi connectivity index (χ4n) is 3.38. The highest BCUT2D eigenvalue weighted by Gasteiger charge is 2.31. The topological polar surface area (TPSA) is 49.4 Å². The van der Waals surface area contributed by atoms with Gasteiger partial charge in [-0.3, -0.25) is 9.59 Å². The monoisotopic (exact) mass is 344 g/mol. The van der Waals surface area contributed by atoms with E-state index < -0.39 is 0 Å². The molecule has 130 valence electrons. The molecule has 4 heteroatoms. The van der Waals surface area contributed by atoms with Gasteiger partial charge in [-0.25, -0.2) is 0 Å². The predicted octanol–water partition coefficient (Wildman–Crippen LogP) is 3.68. The number of anilines is 1. The maximum Gasteiger partial charge on any atom is 0.251 e. The number of hydrogen-bond donors (Lipinski definition) is 1. The van der Waals surface area contributed by atoms with Gasteiger partial charge in [-0.1, -0.05) is 48.0 Å². The Labute approximate surface area is 152 Å². The summed E-state index contributed by atoms with van der Waals surface area (Å²) >= 11 is 0. The molecule has 1 saturated heterocycles. The van der Waals surface area contributed by atoms with E-state index in [0.717, 1.165) is 22.0 Å². The Bertz CT molecular complexity index is 979. The minimum absolute atomic E-state index is 0.0395. The van der Waals surface area contributed by atoms with E-state index in [2.05, 4.69) is 5.32 Å². The molecule has 26 heavy (non-hydrogen) atoms. The summed E-state index contributed by atoms with van der Waals surface area (Å²) in [5.74, 6) is -0.100. The second-order valence-corrected chi connectivity index (χ2v) is 6.78. The third kappa shape index (κ3) is 3.18. The zero-order valence-corrected chi connectivity index (χ0v) is 14.6. The molecule has 1 atom stereocenters. The Hall–Kier alpha value is -3.14. The van der Waals surface area contributed by atoms with Gasteiger partial charge < -0.3 is 10.2 Å². The first kappa shape index (κ1) is 16.3. The molecule has 4 rings (SSSR count). The van der Waals surface area contributed by atoms with Gasteiger partial charge in [0.25, 0.3) is 5.91 Å². The summed E-state index contributed by atoms with van der Waals surface area (Å²) < 4.78 is 0. The van der Waals surface area contributed by atoms with Crippen molar-refractivity contribution >= 4 is 28.3 Å². The van der Waals surface area contributed by atoms with Gasteiger partial charge >= 0.3 is 0 Å². The van der Waals surface area contributed by atoms with E-state index in [1.54, 1.807) is 4.90 Å². The highest BCUT2D eigenvalue weighted by atomic mass is 16.2. The smallest absolute Gasteiger partial charge is 0.251 e. The van der Waals surface area contributed by atoms with Crippen LogP contribution in [0.25, 0.3) is 10.8 Å². The van der Waals surface area contributed by atoms with Crippen molar-refractivity contribution in [1.82, 2.24) is 5.32 Å². The Morgan fingerprint density at radius 1 is 1.00 bits per heavy atom. The summed E-state index contributed by atoms with van der Waals surface area (Å²) in [6.07, 6.45) is 0.327. The Kier molecular flexibility index (Phi) is 4.17. The van der Waals surface area contributed by atoms with Crippen molar-refractivity contribution in [2.45, 2.75) is 19.4 Å². The maximum atomic E-state index is 12.6. The van der Waals surface area contributed by atoms with E-state index in [-0.39, 0.29) is 17.9 Å². The van der Waals surface area contributed by atoms with E-state index in [4.69, 9.17) is 0 Å². The molecule has 1 aliphatic heterocycles. The second kappa shape index (κ2) is 6.64. The van der Waals surface area contributed by atoms with Crippen LogP contribution in [0, 0.1) is 6.92 Å². The predicted molar refractivity (Wildman–Crippen MR) is 103 cm³/mol. The lowest BCUT2D eigenvalue weighted by Crippen LogP contribution is -2.37. The maximum absolute atomic E-state index is 12.6. The average Bonchev–Trinajstić information content (AvgIpc) is 3.02. The molecule has 4 nitrogen and oxygen atoms in total. The molecular weight excluding hydrogens is 324 g/mol. The highest BCUT2D eigenvalue weighted by molar-refractivity contribution is 6.00. The van der Waals surface area contributed by atoms with E-state index in [1.165, 1.54) is 0 Å². The van der Waals surface area contributed by atoms with Crippen molar-refractivity contribution < 1.29 is 9.59 Å². The molecule has 1 N–H and O–H groups in total. The van der Waals surface area contributed by atoms with Gasteiger partial charge in [0.2, 0.25) is 5.91 Å². The van der Waals surface area contributed by atoms with E-state index >= 15 is 0 Å². The molecule has 1 aliphatic rings. The number of nitrogens with one attached hydrogen (secondary N) is 1. The summed E-state index contributed by atoms with van der Waals surface area (Å²) in [5.41, 5.74) is 2.65. The number of aryl methyl sites for hydroxylation is 1. The standard InChI is InChI=1S/C22H20N2O2/c1-15-6-10-20(11-7-15)24-14-19(13-21(24)25)23-22(26)18-9-8-16-4-2-3-5-17(16)12-18/h2-12,19H,13-14H2,1H3,(H,23,26)/t19-/m0/s1. The van der Waals surface area contributed by atoms with Crippen molar-refractivity contribution in [2.24, 2.45) is 0 Å². The normalized spacial score (nSPS) is 16.9. The van der Waals surface area contributed by atoms with Crippen LogP contribution in [0.4, 0.5) is 5.69 Å². The van der Waals surface area contributed by atoms with Gasteiger partial charge in [0.15, 0.2) is 0 Å². The minimum Gasteiger partial charge on any atom is -0.347 e. The van der Waals surface area contributed by atoms with Crippen LogP contribution in [0.5, 0.6) is 0 Å². The van der Waals surface area contributed by atoms with Gasteiger partial charge in [-0.2, -0.15) is 0 Å². The lowest BCUT2D eigenvalue weighted by Gasteiger charge is -2.17. The molecule has 2 amide bonds. The van der Waals surface area contributed by atoms with Crippen LogP contribution in [-0.2, 0) is 4.79 Å². The summed E-state index contributed by atoms with van der Waals surface area (Å²) in [4.78, 5) is 26.7. The first-order valence-corrected chi connectivity index (χ1v) is 8.77. The van der Waals surface area contributed by atoms with Crippen LogP contribution < -0.4 is 10.2 Å². The van der Waals surface area contributed by atoms with Crippen molar-refractivity contribution in [3.8, 4) is 0 Å². The van der Waals surface area contributed by atoms with E-state index in [0.29, 0.717) is 18.5 Å². The third-order valence-corrected chi connectivity index (χ3v) is 4.82. The Morgan fingerprint density at radius 2 is 1.73 bits per heavy atom. The van der Waals surface area contributed by atoms with Crippen molar-refractivity contribution in [3.63, 3.8) is 0 Å². The van der Waals surface area contributed by atoms with Crippen molar-refractivity contribution in [2.75, 3.05) is 11.4 Å². The lowest BCUT2D eigenvalue weighted by molar-refractivity contribution is -0.117. The molecule has 0 radical (unpaired) electrons. The molecule has 0 aliphatic carbocycles. The minimum atomic E-state index is -0.178. The molecule has 0 unspecified atom stereocenters. The number of rotatable bonds is 3.